The number of carbonyl (C=O) groups excluding carboxylic acids is 1. The third kappa shape index (κ3) is 2.74. The van der Waals surface area contributed by atoms with Gasteiger partial charge in [-0.2, -0.15) is 4.98 Å². The largest absolute Gasteiger partial charge is 0.364 e. The average molecular weight is 276 g/mol. The molecule has 0 bridgehead atoms. The Morgan fingerprint density at radius 1 is 1.45 bits per heavy atom. The fourth-order valence-corrected chi connectivity index (χ4v) is 2.02. The highest BCUT2D eigenvalue weighted by Gasteiger charge is 2.29. The minimum atomic E-state index is -0.694. The zero-order chi connectivity index (χ0) is 14.9. The average Bonchev–Trinajstić information content (AvgIpc) is 2.96. The summed E-state index contributed by atoms with van der Waals surface area (Å²) in [6.07, 6.45) is 1.77. The monoisotopic (exact) mass is 276 g/mol. The molecule has 0 saturated carbocycles. The molecular formula is C14H20N4O2. The first-order valence-electron chi connectivity index (χ1n) is 6.62. The van der Waals surface area contributed by atoms with E-state index in [1.54, 1.807) is 19.2 Å². The number of carbonyl (C=O) groups is 1. The van der Waals surface area contributed by atoms with Crippen molar-refractivity contribution in [3.63, 3.8) is 0 Å². The lowest BCUT2D eigenvalue weighted by molar-refractivity contribution is 0.0906. The minimum Gasteiger partial charge on any atom is -0.364 e. The molecule has 0 aliphatic rings. The zero-order valence-corrected chi connectivity index (χ0v) is 12.4. The van der Waals surface area contributed by atoms with Gasteiger partial charge < -0.3 is 14.8 Å². The van der Waals surface area contributed by atoms with Crippen molar-refractivity contribution >= 4 is 5.91 Å². The molecule has 2 aromatic rings. The summed E-state index contributed by atoms with van der Waals surface area (Å²) in [5, 5.41) is 6.81. The first-order valence-corrected chi connectivity index (χ1v) is 6.62. The van der Waals surface area contributed by atoms with Gasteiger partial charge in [0.15, 0.2) is 5.82 Å². The van der Waals surface area contributed by atoms with E-state index in [9.17, 15) is 4.79 Å². The van der Waals surface area contributed by atoms with Crippen LogP contribution in [-0.4, -0.2) is 21.0 Å². The molecule has 0 spiro atoms. The number of rotatable bonds is 4. The van der Waals surface area contributed by atoms with Gasteiger partial charge >= 0.3 is 0 Å². The number of amides is 1. The Morgan fingerprint density at radius 2 is 2.15 bits per heavy atom. The maximum atomic E-state index is 12.4. The molecule has 0 unspecified atom stereocenters. The van der Waals surface area contributed by atoms with Crippen molar-refractivity contribution in [2.75, 3.05) is 0 Å². The quantitative estimate of drug-likeness (QED) is 0.898. The molecule has 2 aromatic heterocycles. The van der Waals surface area contributed by atoms with Crippen LogP contribution in [0.3, 0.4) is 0 Å². The van der Waals surface area contributed by atoms with Gasteiger partial charge in [-0.05, 0) is 25.8 Å². The highest BCUT2D eigenvalue weighted by Crippen LogP contribution is 2.21. The molecule has 6 nitrogen and oxygen atoms in total. The Balaban J connectivity index is 2.20. The summed E-state index contributed by atoms with van der Waals surface area (Å²) >= 11 is 0. The fourth-order valence-electron chi connectivity index (χ4n) is 2.02. The van der Waals surface area contributed by atoms with Gasteiger partial charge in [0.05, 0.1) is 11.1 Å². The molecule has 0 fully saturated rings. The van der Waals surface area contributed by atoms with Crippen LogP contribution in [0, 0.1) is 6.92 Å². The molecule has 0 saturated heterocycles. The lowest BCUT2D eigenvalue weighted by Crippen LogP contribution is -2.42. The Kier molecular flexibility index (Phi) is 3.65. The molecule has 0 aliphatic carbocycles. The molecule has 2 N–H and O–H groups in total. The number of hydrogen-bond acceptors (Lipinski definition) is 4. The molecular weight excluding hydrogens is 256 g/mol. The first kappa shape index (κ1) is 14.3. The maximum Gasteiger partial charge on any atom is 0.253 e. The highest BCUT2D eigenvalue weighted by molar-refractivity contribution is 5.96. The van der Waals surface area contributed by atoms with Crippen LogP contribution in [0.2, 0.25) is 0 Å². The second kappa shape index (κ2) is 5.11. The van der Waals surface area contributed by atoms with Crippen molar-refractivity contribution in [1.82, 2.24) is 20.4 Å². The first-order chi connectivity index (χ1) is 9.31. The second-order valence-corrected chi connectivity index (χ2v) is 5.68. The molecule has 0 atom stereocenters. The summed E-state index contributed by atoms with van der Waals surface area (Å²) in [5.41, 5.74) is 0.872. The van der Waals surface area contributed by atoms with E-state index < -0.39 is 5.54 Å². The summed E-state index contributed by atoms with van der Waals surface area (Å²) in [6, 6.07) is 1.78. The molecule has 0 aromatic carbocycles. The minimum absolute atomic E-state index is 0.151. The third-order valence-corrected chi connectivity index (χ3v) is 3.11. The number of aromatic nitrogens is 3. The molecule has 0 aliphatic heterocycles. The van der Waals surface area contributed by atoms with Crippen LogP contribution in [0.5, 0.6) is 0 Å². The predicted octanol–water partition coefficient (Wildman–Crippen LogP) is 2.49. The van der Waals surface area contributed by atoms with E-state index in [1.165, 1.54) is 0 Å². The van der Waals surface area contributed by atoms with Gasteiger partial charge in [-0.15, -0.1) is 0 Å². The number of aryl methyl sites for hydroxylation is 1. The summed E-state index contributed by atoms with van der Waals surface area (Å²) in [4.78, 5) is 19.7. The Hall–Kier alpha value is -2.11. The normalized spacial score (nSPS) is 11.9. The van der Waals surface area contributed by atoms with Crippen molar-refractivity contribution < 1.29 is 9.32 Å². The molecule has 1 amide bonds. The van der Waals surface area contributed by atoms with E-state index in [1.807, 2.05) is 27.7 Å². The van der Waals surface area contributed by atoms with E-state index in [0.29, 0.717) is 17.3 Å². The molecule has 2 rings (SSSR count). The van der Waals surface area contributed by atoms with Gasteiger partial charge in [0.1, 0.15) is 0 Å². The van der Waals surface area contributed by atoms with Gasteiger partial charge in [-0.25, -0.2) is 0 Å². The number of hydrogen-bond donors (Lipinski definition) is 2. The molecule has 20 heavy (non-hydrogen) atoms. The maximum absolute atomic E-state index is 12.4. The summed E-state index contributed by atoms with van der Waals surface area (Å²) in [5.74, 6) is 1.04. The smallest absolute Gasteiger partial charge is 0.253 e. The number of H-pyrrole nitrogens is 1. The highest BCUT2D eigenvalue weighted by atomic mass is 16.5. The van der Waals surface area contributed by atoms with E-state index in [2.05, 4.69) is 20.4 Å². The standard InChI is InChI=1S/C14H20N4O2/c1-8(2)11-10(6-7-15-11)12(19)17-14(4,5)13-16-9(3)20-18-13/h6-8,15H,1-5H3,(H,17,19). The lowest BCUT2D eigenvalue weighted by Gasteiger charge is -2.22. The van der Waals surface area contributed by atoms with Gasteiger partial charge in [0.2, 0.25) is 5.89 Å². The third-order valence-electron chi connectivity index (χ3n) is 3.11. The van der Waals surface area contributed by atoms with Crippen LogP contribution < -0.4 is 5.32 Å². The van der Waals surface area contributed by atoms with Crippen LogP contribution in [0.25, 0.3) is 0 Å². The van der Waals surface area contributed by atoms with Gasteiger partial charge in [-0.3, -0.25) is 4.79 Å². The molecule has 2 heterocycles. The topological polar surface area (TPSA) is 83.8 Å². The lowest BCUT2D eigenvalue weighted by atomic mass is 10.0. The number of nitrogens with one attached hydrogen (secondary N) is 2. The Morgan fingerprint density at radius 3 is 2.70 bits per heavy atom. The van der Waals surface area contributed by atoms with Crippen molar-refractivity contribution in [2.45, 2.75) is 46.1 Å². The molecule has 0 radical (unpaired) electrons. The Labute approximate surface area is 118 Å². The predicted molar refractivity (Wildman–Crippen MR) is 74.4 cm³/mol. The van der Waals surface area contributed by atoms with Crippen molar-refractivity contribution in [2.24, 2.45) is 0 Å². The molecule has 6 heteroatoms. The summed E-state index contributed by atoms with van der Waals surface area (Å²) < 4.78 is 4.97. The van der Waals surface area contributed by atoms with Crippen LogP contribution in [0.15, 0.2) is 16.8 Å². The Bertz CT molecular complexity index is 610. The van der Waals surface area contributed by atoms with Gasteiger partial charge in [0.25, 0.3) is 5.91 Å². The summed E-state index contributed by atoms with van der Waals surface area (Å²) in [7, 11) is 0. The van der Waals surface area contributed by atoms with Crippen molar-refractivity contribution in [1.29, 1.82) is 0 Å². The van der Waals surface area contributed by atoms with E-state index in [0.717, 1.165) is 5.69 Å². The van der Waals surface area contributed by atoms with Crippen molar-refractivity contribution in [3.8, 4) is 0 Å². The van der Waals surface area contributed by atoms with Gasteiger partial charge in [-0.1, -0.05) is 19.0 Å². The van der Waals surface area contributed by atoms with Crippen LogP contribution in [0.1, 0.15) is 61.4 Å². The van der Waals surface area contributed by atoms with Crippen molar-refractivity contribution in [3.05, 3.63) is 35.2 Å². The fraction of sp³-hybridized carbons (Fsp3) is 0.500. The summed E-state index contributed by atoms with van der Waals surface area (Å²) in [6.45, 7) is 9.48. The van der Waals surface area contributed by atoms with E-state index in [4.69, 9.17) is 4.52 Å². The molecule has 108 valence electrons. The number of nitrogens with zero attached hydrogens (tertiary/aromatic N) is 2. The second-order valence-electron chi connectivity index (χ2n) is 5.68. The number of aromatic amines is 1. The van der Waals surface area contributed by atoms with Crippen LogP contribution in [-0.2, 0) is 5.54 Å². The zero-order valence-electron chi connectivity index (χ0n) is 12.4. The van der Waals surface area contributed by atoms with Gasteiger partial charge in [0, 0.05) is 18.8 Å². The van der Waals surface area contributed by atoms with E-state index >= 15 is 0 Å². The van der Waals surface area contributed by atoms with Crippen LogP contribution in [0.4, 0.5) is 0 Å². The van der Waals surface area contributed by atoms with Crippen LogP contribution >= 0.6 is 0 Å². The SMILES string of the molecule is Cc1nc(C(C)(C)NC(=O)c2cc[nH]c2C(C)C)no1. The van der Waals surface area contributed by atoms with E-state index in [-0.39, 0.29) is 11.8 Å².